The number of hydrogen-bond acceptors (Lipinski definition) is 2. The maximum Gasteiger partial charge on any atom is 0.415 e. The molecule has 0 N–H and O–H groups in total. The van der Waals surface area contributed by atoms with Crippen molar-refractivity contribution >= 4 is 5.78 Å². The second-order valence-corrected chi connectivity index (χ2v) is 3.07. The van der Waals surface area contributed by atoms with Crippen molar-refractivity contribution in [1.29, 1.82) is 0 Å². The van der Waals surface area contributed by atoms with Crippen LogP contribution in [-0.4, -0.2) is 30.8 Å². The summed E-state index contributed by atoms with van der Waals surface area (Å²) in [6.45, 7) is -0.629. The van der Waals surface area contributed by atoms with Crippen LogP contribution < -0.4 is 0 Å². The molecule has 0 saturated carbocycles. The Balaban J connectivity index is 2.98. The fourth-order valence-electron chi connectivity index (χ4n) is 1.34. The quantitative estimate of drug-likeness (QED) is 0.602. The van der Waals surface area contributed by atoms with Crippen molar-refractivity contribution < 1.29 is 35.9 Å². The number of carbonyl (C=O) groups is 1. The van der Waals surface area contributed by atoms with Crippen LogP contribution in [0, 0.1) is 5.92 Å². The first kappa shape index (κ1) is 12.3. The minimum Gasteiger partial charge on any atom is -0.367 e. The molecule has 2 unspecified atom stereocenters. The lowest BCUT2D eigenvalue weighted by molar-refractivity contribution is -0.287. The van der Waals surface area contributed by atoms with Gasteiger partial charge in [0.15, 0.2) is 6.10 Å². The Labute approximate surface area is 80.2 Å². The van der Waals surface area contributed by atoms with E-state index >= 15 is 0 Å². The Morgan fingerprint density at radius 2 is 1.60 bits per heavy atom. The van der Waals surface area contributed by atoms with Crippen molar-refractivity contribution in [2.45, 2.75) is 24.9 Å². The van der Waals surface area contributed by atoms with Gasteiger partial charge in [0, 0.05) is 6.42 Å². The smallest absolute Gasteiger partial charge is 0.367 e. The van der Waals surface area contributed by atoms with E-state index in [-0.39, 0.29) is 0 Å². The Hall–Kier alpha value is -0.790. The van der Waals surface area contributed by atoms with Crippen LogP contribution in [0.15, 0.2) is 0 Å². The zero-order valence-corrected chi connectivity index (χ0v) is 7.15. The zero-order chi connectivity index (χ0) is 11.9. The van der Waals surface area contributed by atoms with Crippen LogP contribution in [-0.2, 0) is 9.53 Å². The molecule has 0 aliphatic carbocycles. The van der Waals surface area contributed by atoms with Crippen molar-refractivity contribution in [3.8, 4) is 0 Å². The molecular formula is C7H6F6O2. The lowest BCUT2D eigenvalue weighted by Gasteiger charge is -2.32. The number of ketones is 1. The van der Waals surface area contributed by atoms with Gasteiger partial charge in [-0.3, -0.25) is 4.79 Å². The number of carbonyl (C=O) groups excluding carboxylic acids is 1. The van der Waals surface area contributed by atoms with Gasteiger partial charge in [0.2, 0.25) is 0 Å². The Morgan fingerprint density at radius 1 is 1.07 bits per heavy atom. The lowest BCUT2D eigenvalue weighted by Crippen LogP contribution is -2.52. The van der Waals surface area contributed by atoms with Crippen LogP contribution >= 0.6 is 0 Å². The van der Waals surface area contributed by atoms with E-state index < -0.39 is 43.2 Å². The van der Waals surface area contributed by atoms with Crippen LogP contribution in [0.3, 0.4) is 0 Å². The molecule has 0 aromatic carbocycles. The van der Waals surface area contributed by atoms with E-state index in [2.05, 4.69) is 4.74 Å². The highest BCUT2D eigenvalue weighted by Crippen LogP contribution is 2.40. The summed E-state index contributed by atoms with van der Waals surface area (Å²) in [6.07, 6.45) is -14.1. The average molecular weight is 236 g/mol. The number of ether oxygens (including phenoxy) is 1. The van der Waals surface area contributed by atoms with Gasteiger partial charge in [0.05, 0.1) is 6.61 Å². The number of hydrogen-bond donors (Lipinski definition) is 0. The van der Waals surface area contributed by atoms with Gasteiger partial charge in [0.1, 0.15) is 11.7 Å². The van der Waals surface area contributed by atoms with Gasteiger partial charge in [-0.2, -0.15) is 26.3 Å². The van der Waals surface area contributed by atoms with Crippen molar-refractivity contribution in [3.05, 3.63) is 0 Å². The third-order valence-electron chi connectivity index (χ3n) is 1.97. The molecule has 0 aromatic heterocycles. The maximum absolute atomic E-state index is 12.2. The molecule has 2 atom stereocenters. The van der Waals surface area contributed by atoms with Gasteiger partial charge in [-0.1, -0.05) is 0 Å². The molecule has 2 nitrogen and oxygen atoms in total. The summed E-state index contributed by atoms with van der Waals surface area (Å²) in [5.74, 6) is -4.57. The largest absolute Gasteiger partial charge is 0.415 e. The fourth-order valence-corrected chi connectivity index (χ4v) is 1.34. The monoisotopic (exact) mass is 236 g/mol. The molecule has 0 bridgehead atoms. The van der Waals surface area contributed by atoms with E-state index in [1.165, 1.54) is 0 Å². The minimum absolute atomic E-state index is 0.629. The standard InChI is InChI=1S/C7H6F6O2/c8-6(9,10)4-3(14)1-2-15-5(4)7(11,12)13/h4-5H,1-2H2. The predicted octanol–water partition coefficient (Wildman–Crippen LogP) is 2.09. The molecule has 1 aliphatic rings. The van der Waals surface area contributed by atoms with Crippen LogP contribution in [0.4, 0.5) is 26.3 Å². The summed E-state index contributed by atoms with van der Waals surface area (Å²) in [5.41, 5.74) is 0. The molecule has 1 aliphatic heterocycles. The SMILES string of the molecule is O=C1CCOC(C(F)(F)F)C1C(F)(F)F. The molecule has 0 amide bonds. The third-order valence-corrected chi connectivity index (χ3v) is 1.97. The second kappa shape index (κ2) is 3.66. The molecule has 0 radical (unpaired) electrons. The molecular weight excluding hydrogens is 230 g/mol. The topological polar surface area (TPSA) is 26.3 Å². The summed E-state index contributed by atoms with van der Waals surface area (Å²) in [4.78, 5) is 10.8. The Morgan fingerprint density at radius 3 is 1.93 bits per heavy atom. The van der Waals surface area contributed by atoms with E-state index in [1.807, 2.05) is 0 Å². The second-order valence-electron chi connectivity index (χ2n) is 3.07. The van der Waals surface area contributed by atoms with Crippen molar-refractivity contribution in [2.75, 3.05) is 6.61 Å². The summed E-state index contributed by atoms with van der Waals surface area (Å²) < 4.78 is 76.9. The lowest BCUT2D eigenvalue weighted by atomic mass is 9.92. The molecule has 8 heteroatoms. The number of rotatable bonds is 0. The highest BCUT2D eigenvalue weighted by atomic mass is 19.4. The van der Waals surface area contributed by atoms with Gasteiger partial charge in [-0.05, 0) is 0 Å². The molecule has 1 heterocycles. The Bertz CT molecular complexity index is 255. The molecule has 1 fully saturated rings. The van der Waals surface area contributed by atoms with Gasteiger partial charge in [-0.15, -0.1) is 0 Å². The zero-order valence-electron chi connectivity index (χ0n) is 7.15. The number of Topliss-reactive ketones (excluding diaryl/α,β-unsaturated/α-hetero) is 1. The summed E-state index contributed by atoms with van der Waals surface area (Å²) in [7, 11) is 0. The van der Waals surface area contributed by atoms with Crippen molar-refractivity contribution in [2.24, 2.45) is 5.92 Å². The van der Waals surface area contributed by atoms with Crippen LogP contribution in [0.5, 0.6) is 0 Å². The number of alkyl halides is 6. The Kier molecular flexibility index (Phi) is 2.99. The highest BCUT2D eigenvalue weighted by molar-refractivity contribution is 5.83. The first-order valence-corrected chi connectivity index (χ1v) is 3.92. The van der Waals surface area contributed by atoms with Crippen LogP contribution in [0.25, 0.3) is 0 Å². The van der Waals surface area contributed by atoms with Gasteiger partial charge >= 0.3 is 12.4 Å². The van der Waals surface area contributed by atoms with Gasteiger partial charge in [-0.25, -0.2) is 0 Å². The molecule has 88 valence electrons. The number of halogens is 6. The van der Waals surface area contributed by atoms with Crippen LogP contribution in [0.2, 0.25) is 0 Å². The molecule has 0 spiro atoms. The maximum atomic E-state index is 12.2. The van der Waals surface area contributed by atoms with E-state index in [4.69, 9.17) is 0 Å². The van der Waals surface area contributed by atoms with Crippen molar-refractivity contribution in [1.82, 2.24) is 0 Å². The average Bonchev–Trinajstić information content (AvgIpc) is 1.99. The predicted molar refractivity (Wildman–Crippen MR) is 35.0 cm³/mol. The highest BCUT2D eigenvalue weighted by Gasteiger charge is 2.60. The van der Waals surface area contributed by atoms with E-state index in [0.29, 0.717) is 0 Å². The molecule has 1 rings (SSSR count). The van der Waals surface area contributed by atoms with Gasteiger partial charge in [0.25, 0.3) is 0 Å². The third kappa shape index (κ3) is 2.61. The van der Waals surface area contributed by atoms with Crippen LogP contribution in [0.1, 0.15) is 6.42 Å². The molecule has 1 saturated heterocycles. The summed E-state index contributed by atoms with van der Waals surface area (Å²) >= 11 is 0. The summed E-state index contributed by atoms with van der Waals surface area (Å²) in [5, 5.41) is 0. The normalized spacial score (nSPS) is 29.3. The van der Waals surface area contributed by atoms with Gasteiger partial charge < -0.3 is 4.74 Å². The van der Waals surface area contributed by atoms with E-state index in [0.717, 1.165) is 0 Å². The molecule has 15 heavy (non-hydrogen) atoms. The van der Waals surface area contributed by atoms with E-state index in [9.17, 15) is 31.1 Å². The molecule has 0 aromatic rings. The van der Waals surface area contributed by atoms with E-state index in [1.54, 1.807) is 0 Å². The van der Waals surface area contributed by atoms with Crippen molar-refractivity contribution in [3.63, 3.8) is 0 Å². The first-order valence-electron chi connectivity index (χ1n) is 3.92. The summed E-state index contributed by atoms with van der Waals surface area (Å²) in [6, 6.07) is 0. The first-order chi connectivity index (χ1) is 6.64. The fraction of sp³-hybridized carbons (Fsp3) is 0.857. The minimum atomic E-state index is -5.22.